The molecule has 3 nitrogen and oxygen atoms in total. The zero-order valence-corrected chi connectivity index (χ0v) is 13.0. The van der Waals surface area contributed by atoms with Crippen LogP contribution in [0.15, 0.2) is 40.9 Å². The second kappa shape index (κ2) is 6.54. The number of ether oxygens (including phenoxy) is 1. The highest BCUT2D eigenvalue weighted by molar-refractivity contribution is 9.10. The van der Waals surface area contributed by atoms with E-state index < -0.39 is 11.9 Å². The van der Waals surface area contributed by atoms with Crippen LogP contribution in [0.3, 0.4) is 0 Å². The molecule has 0 spiro atoms. The molecule has 3 N–H and O–H groups in total. The lowest BCUT2D eigenvalue weighted by molar-refractivity contribution is 0.381. The van der Waals surface area contributed by atoms with Crippen molar-refractivity contribution in [3.05, 3.63) is 62.8 Å². The van der Waals surface area contributed by atoms with Crippen molar-refractivity contribution in [1.29, 1.82) is 0 Å². The Morgan fingerprint density at radius 1 is 1.35 bits per heavy atom. The average Bonchev–Trinajstić information content (AvgIpc) is 2.45. The largest absolute Gasteiger partial charge is 0.494 e. The molecule has 0 heterocycles. The third-order valence-corrected chi connectivity index (χ3v) is 4.18. The van der Waals surface area contributed by atoms with Gasteiger partial charge in [0.05, 0.1) is 18.2 Å². The van der Waals surface area contributed by atoms with Gasteiger partial charge in [-0.1, -0.05) is 29.8 Å². The summed E-state index contributed by atoms with van der Waals surface area (Å²) in [5, 5.41) is 0.579. The number of halogens is 3. The summed E-state index contributed by atoms with van der Waals surface area (Å²) < 4.78 is 20.0. The number of rotatable bonds is 4. The molecule has 0 bridgehead atoms. The molecule has 0 amide bonds. The SMILES string of the molecule is COc1cccc(C(NN)c2ccc(Cl)c(Br)c2)c1F. The monoisotopic (exact) mass is 358 g/mol. The Morgan fingerprint density at radius 2 is 2.10 bits per heavy atom. The summed E-state index contributed by atoms with van der Waals surface area (Å²) in [5.74, 6) is 5.32. The van der Waals surface area contributed by atoms with E-state index in [1.165, 1.54) is 7.11 Å². The molecule has 0 aromatic heterocycles. The molecule has 0 radical (unpaired) electrons. The highest BCUT2D eigenvalue weighted by Crippen LogP contribution is 2.32. The maximum Gasteiger partial charge on any atom is 0.170 e. The first-order valence-corrected chi connectivity index (χ1v) is 6.99. The van der Waals surface area contributed by atoms with E-state index in [0.29, 0.717) is 10.6 Å². The van der Waals surface area contributed by atoms with Crippen LogP contribution in [-0.4, -0.2) is 7.11 Å². The Labute approximate surface area is 130 Å². The Kier molecular flexibility index (Phi) is 4.99. The van der Waals surface area contributed by atoms with Crippen molar-refractivity contribution >= 4 is 27.5 Å². The van der Waals surface area contributed by atoms with Crippen LogP contribution >= 0.6 is 27.5 Å². The maximum atomic E-state index is 14.3. The van der Waals surface area contributed by atoms with Gasteiger partial charge in [-0.05, 0) is 39.7 Å². The first-order valence-electron chi connectivity index (χ1n) is 5.82. The number of hydrogen-bond acceptors (Lipinski definition) is 3. The molecule has 106 valence electrons. The number of nitrogens with one attached hydrogen (secondary N) is 1. The molecule has 1 unspecified atom stereocenters. The molecule has 0 aliphatic rings. The van der Waals surface area contributed by atoms with E-state index in [-0.39, 0.29) is 5.75 Å². The van der Waals surface area contributed by atoms with Crippen LogP contribution in [-0.2, 0) is 0 Å². The normalized spacial score (nSPS) is 12.2. The van der Waals surface area contributed by atoms with E-state index in [9.17, 15) is 4.39 Å². The van der Waals surface area contributed by atoms with Gasteiger partial charge in [-0.25, -0.2) is 9.82 Å². The average molecular weight is 360 g/mol. The molecule has 20 heavy (non-hydrogen) atoms. The number of hydrazine groups is 1. The van der Waals surface area contributed by atoms with Gasteiger partial charge < -0.3 is 4.74 Å². The maximum absolute atomic E-state index is 14.3. The van der Waals surface area contributed by atoms with Crippen LogP contribution in [0.1, 0.15) is 17.2 Å². The van der Waals surface area contributed by atoms with Crippen molar-refractivity contribution in [3.63, 3.8) is 0 Å². The Bertz CT molecular complexity index is 624. The highest BCUT2D eigenvalue weighted by Gasteiger charge is 2.19. The van der Waals surface area contributed by atoms with E-state index in [0.717, 1.165) is 10.0 Å². The van der Waals surface area contributed by atoms with Crippen molar-refractivity contribution in [2.24, 2.45) is 5.84 Å². The lowest BCUT2D eigenvalue weighted by atomic mass is 9.98. The van der Waals surface area contributed by atoms with Crippen LogP contribution in [0.4, 0.5) is 4.39 Å². The molecule has 2 aromatic rings. The van der Waals surface area contributed by atoms with E-state index in [2.05, 4.69) is 21.4 Å². The molecule has 0 aliphatic heterocycles. The minimum atomic E-state index is -0.501. The molecule has 0 aliphatic carbocycles. The fourth-order valence-corrected chi connectivity index (χ4v) is 2.48. The van der Waals surface area contributed by atoms with Crippen LogP contribution in [0.5, 0.6) is 5.75 Å². The highest BCUT2D eigenvalue weighted by atomic mass is 79.9. The van der Waals surface area contributed by atoms with Crippen LogP contribution < -0.4 is 16.0 Å². The summed E-state index contributed by atoms with van der Waals surface area (Å²) in [6, 6.07) is 9.74. The van der Waals surface area contributed by atoms with Gasteiger partial charge in [0, 0.05) is 10.0 Å². The minimum Gasteiger partial charge on any atom is -0.494 e. The Hall–Kier alpha value is -1.14. The summed E-state index contributed by atoms with van der Waals surface area (Å²) in [5.41, 5.74) is 3.81. The molecule has 0 fully saturated rings. The molecule has 0 saturated heterocycles. The Morgan fingerprint density at radius 3 is 2.70 bits per heavy atom. The van der Waals surface area contributed by atoms with Gasteiger partial charge in [-0.15, -0.1) is 0 Å². The molecule has 0 saturated carbocycles. The van der Waals surface area contributed by atoms with E-state index in [4.69, 9.17) is 22.2 Å². The predicted molar refractivity (Wildman–Crippen MR) is 81.3 cm³/mol. The van der Waals surface area contributed by atoms with Crippen molar-refractivity contribution in [1.82, 2.24) is 5.43 Å². The summed E-state index contributed by atoms with van der Waals surface area (Å²) in [6.45, 7) is 0. The van der Waals surface area contributed by atoms with Gasteiger partial charge in [-0.2, -0.15) is 0 Å². The van der Waals surface area contributed by atoms with Gasteiger partial charge in [-0.3, -0.25) is 5.84 Å². The van der Waals surface area contributed by atoms with Gasteiger partial charge >= 0.3 is 0 Å². The summed E-state index contributed by atoms with van der Waals surface area (Å²) in [4.78, 5) is 0. The number of methoxy groups -OCH3 is 1. The zero-order valence-electron chi connectivity index (χ0n) is 10.7. The van der Waals surface area contributed by atoms with E-state index >= 15 is 0 Å². The van der Waals surface area contributed by atoms with Gasteiger partial charge in [0.15, 0.2) is 11.6 Å². The van der Waals surface area contributed by atoms with Crippen molar-refractivity contribution < 1.29 is 9.13 Å². The molecular weight excluding hydrogens is 347 g/mol. The Balaban J connectivity index is 2.49. The van der Waals surface area contributed by atoms with E-state index in [1.807, 2.05) is 0 Å². The zero-order chi connectivity index (χ0) is 14.7. The summed E-state index contributed by atoms with van der Waals surface area (Å²) in [6.07, 6.45) is 0. The molecular formula is C14H13BrClFN2O. The van der Waals surface area contributed by atoms with Gasteiger partial charge in [0.25, 0.3) is 0 Å². The van der Waals surface area contributed by atoms with Crippen molar-refractivity contribution in [2.45, 2.75) is 6.04 Å². The molecule has 6 heteroatoms. The molecule has 1 atom stereocenters. The minimum absolute atomic E-state index is 0.177. The topological polar surface area (TPSA) is 47.3 Å². The lowest BCUT2D eigenvalue weighted by Crippen LogP contribution is -2.29. The number of benzene rings is 2. The lowest BCUT2D eigenvalue weighted by Gasteiger charge is -2.19. The van der Waals surface area contributed by atoms with Gasteiger partial charge in [0.1, 0.15) is 0 Å². The van der Waals surface area contributed by atoms with Crippen LogP contribution in [0.25, 0.3) is 0 Å². The standard InChI is InChI=1S/C14H13BrClFN2O/c1-20-12-4-2-3-9(13(12)17)14(19-18)8-5-6-11(16)10(15)7-8/h2-7,14,19H,18H2,1H3. The summed E-state index contributed by atoms with van der Waals surface area (Å²) in [7, 11) is 1.42. The second-order valence-electron chi connectivity index (χ2n) is 4.14. The van der Waals surface area contributed by atoms with Crippen LogP contribution in [0.2, 0.25) is 5.02 Å². The van der Waals surface area contributed by atoms with Crippen molar-refractivity contribution in [3.8, 4) is 5.75 Å². The first kappa shape index (κ1) is 15.3. The molecule has 2 rings (SSSR count). The number of nitrogens with two attached hydrogens (primary N) is 1. The fourth-order valence-electron chi connectivity index (χ4n) is 1.97. The van der Waals surface area contributed by atoms with Crippen molar-refractivity contribution in [2.75, 3.05) is 7.11 Å². The fraction of sp³-hybridized carbons (Fsp3) is 0.143. The van der Waals surface area contributed by atoms with E-state index in [1.54, 1.807) is 36.4 Å². The quantitative estimate of drug-likeness (QED) is 0.645. The van der Waals surface area contributed by atoms with Crippen LogP contribution in [0, 0.1) is 5.82 Å². The van der Waals surface area contributed by atoms with Gasteiger partial charge in [0.2, 0.25) is 0 Å². The first-order chi connectivity index (χ1) is 9.58. The molecule has 2 aromatic carbocycles. The predicted octanol–water partition coefficient (Wildman–Crippen LogP) is 3.80. The number of hydrogen-bond donors (Lipinski definition) is 2. The second-order valence-corrected chi connectivity index (χ2v) is 5.40. The third-order valence-electron chi connectivity index (χ3n) is 2.97. The summed E-state index contributed by atoms with van der Waals surface area (Å²) >= 11 is 9.30. The third kappa shape index (κ3) is 2.96. The smallest absolute Gasteiger partial charge is 0.170 e.